The van der Waals surface area contributed by atoms with E-state index in [9.17, 15) is 13.2 Å². The van der Waals surface area contributed by atoms with Gasteiger partial charge in [-0.3, -0.25) is 14.1 Å². The first kappa shape index (κ1) is 19.9. The minimum absolute atomic E-state index is 0.167. The molecular formula is C20H18ClN3O3S. The highest BCUT2D eigenvalue weighted by Gasteiger charge is 2.22. The lowest BCUT2D eigenvalue weighted by Crippen LogP contribution is -2.27. The van der Waals surface area contributed by atoms with Gasteiger partial charge in [0.1, 0.15) is 0 Å². The molecule has 0 radical (unpaired) electrons. The molecule has 3 aromatic rings. The zero-order valence-corrected chi connectivity index (χ0v) is 16.6. The standard InChI is InChI=1S/C20H18ClN3O3S/c1-24(28(26,27)17-5-3-2-4-6-17)16-7-8-18(19(21)13-16)20(25)23-14-15-9-11-22-12-10-15/h2-13H,14H2,1H3,(H,23,25). The van der Waals surface area contributed by atoms with E-state index in [4.69, 9.17) is 11.6 Å². The number of nitrogens with zero attached hydrogens (tertiary/aromatic N) is 2. The molecule has 144 valence electrons. The summed E-state index contributed by atoms with van der Waals surface area (Å²) in [4.78, 5) is 16.5. The van der Waals surface area contributed by atoms with Crippen molar-refractivity contribution in [1.82, 2.24) is 10.3 Å². The summed E-state index contributed by atoms with van der Waals surface area (Å²) in [6.45, 7) is 0.335. The van der Waals surface area contributed by atoms with Crippen molar-refractivity contribution in [3.05, 3.63) is 89.2 Å². The Kier molecular flexibility index (Phi) is 5.96. The average molecular weight is 416 g/mol. The third kappa shape index (κ3) is 4.32. The number of aromatic nitrogens is 1. The third-order valence-electron chi connectivity index (χ3n) is 4.16. The van der Waals surface area contributed by atoms with Crippen LogP contribution in [0.5, 0.6) is 0 Å². The Hall–Kier alpha value is -2.90. The molecule has 1 N–H and O–H groups in total. The van der Waals surface area contributed by atoms with E-state index in [-0.39, 0.29) is 21.4 Å². The maximum Gasteiger partial charge on any atom is 0.264 e. The second kappa shape index (κ2) is 8.41. The molecule has 0 fully saturated rings. The van der Waals surface area contributed by atoms with Crippen molar-refractivity contribution in [2.75, 3.05) is 11.4 Å². The number of carbonyl (C=O) groups is 1. The van der Waals surface area contributed by atoms with Gasteiger partial charge in [-0.2, -0.15) is 0 Å². The molecule has 0 saturated heterocycles. The predicted octanol–water partition coefficient (Wildman–Crippen LogP) is 3.49. The van der Waals surface area contributed by atoms with E-state index in [1.54, 1.807) is 48.8 Å². The normalized spacial score (nSPS) is 11.1. The minimum atomic E-state index is -3.72. The molecule has 0 aliphatic carbocycles. The minimum Gasteiger partial charge on any atom is -0.348 e. The summed E-state index contributed by atoms with van der Waals surface area (Å²) in [5.74, 6) is -0.345. The highest BCUT2D eigenvalue weighted by atomic mass is 35.5. The number of rotatable bonds is 6. The first-order valence-corrected chi connectivity index (χ1v) is 10.2. The van der Waals surface area contributed by atoms with Gasteiger partial charge in [-0.05, 0) is 48.0 Å². The van der Waals surface area contributed by atoms with Crippen LogP contribution >= 0.6 is 11.6 Å². The SMILES string of the molecule is CN(c1ccc(C(=O)NCc2ccncc2)c(Cl)c1)S(=O)(=O)c1ccccc1. The quantitative estimate of drug-likeness (QED) is 0.668. The van der Waals surface area contributed by atoms with E-state index in [0.29, 0.717) is 12.2 Å². The van der Waals surface area contributed by atoms with Crippen LogP contribution in [-0.4, -0.2) is 26.4 Å². The third-order valence-corrected chi connectivity index (χ3v) is 6.28. The van der Waals surface area contributed by atoms with Crippen LogP contribution in [0, 0.1) is 0 Å². The van der Waals surface area contributed by atoms with Crippen LogP contribution in [0.1, 0.15) is 15.9 Å². The van der Waals surface area contributed by atoms with Crippen molar-refractivity contribution in [3.63, 3.8) is 0 Å². The number of sulfonamides is 1. The van der Waals surface area contributed by atoms with E-state index in [1.165, 1.54) is 31.3 Å². The lowest BCUT2D eigenvalue weighted by molar-refractivity contribution is 0.0951. The van der Waals surface area contributed by atoms with Crippen LogP contribution in [0.3, 0.4) is 0 Å². The molecule has 1 amide bonds. The van der Waals surface area contributed by atoms with Crippen molar-refractivity contribution >= 4 is 33.2 Å². The molecule has 0 aliphatic rings. The van der Waals surface area contributed by atoms with Gasteiger partial charge in [0.25, 0.3) is 15.9 Å². The summed E-state index contributed by atoms with van der Waals surface area (Å²) in [5, 5.41) is 2.94. The highest BCUT2D eigenvalue weighted by Crippen LogP contribution is 2.27. The van der Waals surface area contributed by atoms with Gasteiger partial charge < -0.3 is 5.32 Å². The zero-order valence-electron chi connectivity index (χ0n) is 15.0. The van der Waals surface area contributed by atoms with Crippen LogP contribution in [0.15, 0.2) is 78.0 Å². The number of nitrogens with one attached hydrogen (secondary N) is 1. The van der Waals surface area contributed by atoms with Gasteiger partial charge in [0, 0.05) is 26.0 Å². The van der Waals surface area contributed by atoms with Crippen molar-refractivity contribution < 1.29 is 13.2 Å². The van der Waals surface area contributed by atoms with Gasteiger partial charge in [-0.1, -0.05) is 29.8 Å². The van der Waals surface area contributed by atoms with Crippen molar-refractivity contribution in [1.29, 1.82) is 0 Å². The van der Waals surface area contributed by atoms with Crippen molar-refractivity contribution in [2.45, 2.75) is 11.4 Å². The predicted molar refractivity (Wildman–Crippen MR) is 109 cm³/mol. The summed E-state index contributed by atoms with van der Waals surface area (Å²) >= 11 is 6.25. The van der Waals surface area contributed by atoms with E-state index in [1.807, 2.05) is 0 Å². The first-order valence-electron chi connectivity index (χ1n) is 8.40. The van der Waals surface area contributed by atoms with E-state index < -0.39 is 10.0 Å². The maximum atomic E-state index is 12.7. The Bertz CT molecular complexity index is 1070. The van der Waals surface area contributed by atoms with Gasteiger partial charge in [-0.15, -0.1) is 0 Å². The number of hydrogen-bond acceptors (Lipinski definition) is 4. The first-order chi connectivity index (χ1) is 13.4. The summed E-state index contributed by atoms with van der Waals surface area (Å²) in [5.41, 5.74) is 1.54. The molecular weight excluding hydrogens is 398 g/mol. The molecule has 28 heavy (non-hydrogen) atoms. The molecule has 1 heterocycles. The van der Waals surface area contributed by atoms with Crippen LogP contribution in [0.2, 0.25) is 5.02 Å². The van der Waals surface area contributed by atoms with Gasteiger partial charge >= 0.3 is 0 Å². The second-order valence-electron chi connectivity index (χ2n) is 5.99. The largest absolute Gasteiger partial charge is 0.348 e. The van der Waals surface area contributed by atoms with Crippen LogP contribution in [0.25, 0.3) is 0 Å². The molecule has 0 saturated carbocycles. The Morgan fingerprint density at radius 3 is 2.39 bits per heavy atom. The fourth-order valence-corrected chi connectivity index (χ4v) is 4.02. The lowest BCUT2D eigenvalue weighted by Gasteiger charge is -2.20. The molecule has 0 unspecified atom stereocenters. The summed E-state index contributed by atoms with van der Waals surface area (Å²) in [6, 6.07) is 16.2. The Labute approximate surface area is 168 Å². The monoisotopic (exact) mass is 415 g/mol. The van der Waals surface area contributed by atoms with Gasteiger partial charge in [0.15, 0.2) is 0 Å². The smallest absolute Gasteiger partial charge is 0.264 e. The number of anilines is 1. The molecule has 0 aliphatic heterocycles. The van der Waals surface area contributed by atoms with Gasteiger partial charge in [0.05, 0.1) is 21.2 Å². The number of halogens is 1. The van der Waals surface area contributed by atoms with Crippen molar-refractivity contribution in [3.8, 4) is 0 Å². The summed E-state index contributed by atoms with van der Waals surface area (Å²) < 4.78 is 26.6. The Morgan fingerprint density at radius 1 is 1.07 bits per heavy atom. The molecule has 2 aromatic carbocycles. The molecule has 0 bridgehead atoms. The molecule has 1 aromatic heterocycles. The van der Waals surface area contributed by atoms with Crippen molar-refractivity contribution in [2.24, 2.45) is 0 Å². The summed E-state index contributed by atoms with van der Waals surface area (Å²) in [7, 11) is -2.28. The van der Waals surface area contributed by atoms with E-state index in [2.05, 4.69) is 10.3 Å². The number of hydrogen-bond donors (Lipinski definition) is 1. The highest BCUT2D eigenvalue weighted by molar-refractivity contribution is 7.92. The van der Waals surface area contributed by atoms with E-state index in [0.717, 1.165) is 9.87 Å². The zero-order chi connectivity index (χ0) is 20.1. The summed E-state index contributed by atoms with van der Waals surface area (Å²) in [6.07, 6.45) is 3.29. The number of benzene rings is 2. The van der Waals surface area contributed by atoms with E-state index >= 15 is 0 Å². The van der Waals surface area contributed by atoms with Crippen LogP contribution in [0.4, 0.5) is 5.69 Å². The number of pyridine rings is 1. The van der Waals surface area contributed by atoms with Gasteiger partial charge in [-0.25, -0.2) is 8.42 Å². The molecule has 3 rings (SSSR count). The molecule has 0 atom stereocenters. The molecule has 6 nitrogen and oxygen atoms in total. The molecule has 0 spiro atoms. The van der Waals surface area contributed by atoms with Gasteiger partial charge in [0.2, 0.25) is 0 Å². The maximum absolute atomic E-state index is 12.7. The second-order valence-corrected chi connectivity index (χ2v) is 8.36. The fourth-order valence-electron chi connectivity index (χ4n) is 2.55. The lowest BCUT2D eigenvalue weighted by atomic mass is 10.2. The average Bonchev–Trinajstić information content (AvgIpc) is 2.72. The number of amides is 1. The topological polar surface area (TPSA) is 79.4 Å². The fraction of sp³-hybridized carbons (Fsp3) is 0.100. The Morgan fingerprint density at radius 2 is 1.75 bits per heavy atom. The Balaban J connectivity index is 1.77. The number of carbonyl (C=O) groups excluding carboxylic acids is 1. The van der Waals surface area contributed by atoms with Crippen LogP contribution in [-0.2, 0) is 16.6 Å². The molecule has 8 heteroatoms. The van der Waals surface area contributed by atoms with Crippen LogP contribution < -0.4 is 9.62 Å².